The molecule has 1 N–H and O–H groups in total. The molecular weight excluding hydrogens is 243 g/mol. The molecule has 1 atom stereocenters. The first-order valence-electron chi connectivity index (χ1n) is 5.28. The number of nitrogens with zero attached hydrogens (tertiary/aromatic N) is 2. The second kappa shape index (κ2) is 6.27. The van der Waals surface area contributed by atoms with Gasteiger partial charge in [0.15, 0.2) is 0 Å². The largest absolute Gasteiger partial charge is 0.389 e. The molecule has 7 heteroatoms. The summed E-state index contributed by atoms with van der Waals surface area (Å²) in [5, 5.41) is 20.4. The third-order valence-corrected chi connectivity index (χ3v) is 2.40. The minimum absolute atomic E-state index is 0.105. The van der Waals surface area contributed by atoms with Crippen molar-refractivity contribution in [3.63, 3.8) is 0 Å². The number of hydrogen-bond acceptors (Lipinski definition) is 5. The van der Waals surface area contributed by atoms with Crippen molar-refractivity contribution in [1.29, 1.82) is 0 Å². The van der Waals surface area contributed by atoms with E-state index in [0.717, 1.165) is 6.07 Å². The Morgan fingerprint density at radius 1 is 1.61 bits per heavy atom. The van der Waals surface area contributed by atoms with E-state index in [1.54, 1.807) is 7.05 Å². The number of methoxy groups -OCH3 is 1. The van der Waals surface area contributed by atoms with E-state index in [9.17, 15) is 19.6 Å². The summed E-state index contributed by atoms with van der Waals surface area (Å²) in [6, 6.07) is 3.85. The van der Waals surface area contributed by atoms with Crippen LogP contribution in [0.15, 0.2) is 18.2 Å². The number of nitro groups is 1. The van der Waals surface area contributed by atoms with Gasteiger partial charge in [-0.3, -0.25) is 10.1 Å². The molecule has 1 unspecified atom stereocenters. The Morgan fingerprint density at radius 3 is 2.83 bits per heavy atom. The van der Waals surface area contributed by atoms with Crippen molar-refractivity contribution in [3.8, 4) is 0 Å². The fourth-order valence-electron chi connectivity index (χ4n) is 1.65. The summed E-state index contributed by atoms with van der Waals surface area (Å²) in [5.74, 6) is -0.898. The maximum absolute atomic E-state index is 13.4. The lowest BCUT2D eigenvalue weighted by Crippen LogP contribution is -2.32. The Hall–Kier alpha value is -1.73. The zero-order chi connectivity index (χ0) is 13.7. The molecule has 0 heterocycles. The molecule has 0 aromatic heterocycles. The van der Waals surface area contributed by atoms with Crippen LogP contribution < -0.4 is 4.90 Å². The van der Waals surface area contributed by atoms with E-state index >= 15 is 0 Å². The van der Waals surface area contributed by atoms with E-state index in [2.05, 4.69) is 0 Å². The SMILES string of the molecule is COCC(O)CN(C)c1cccc(F)c1[N+](=O)[O-]. The quantitative estimate of drug-likeness (QED) is 0.612. The number of hydrogen-bond donors (Lipinski definition) is 1. The molecule has 0 fully saturated rings. The van der Waals surface area contributed by atoms with Crippen LogP contribution >= 0.6 is 0 Å². The summed E-state index contributed by atoms with van der Waals surface area (Å²) < 4.78 is 18.1. The van der Waals surface area contributed by atoms with Gasteiger partial charge in [-0.1, -0.05) is 6.07 Å². The van der Waals surface area contributed by atoms with E-state index in [4.69, 9.17) is 4.74 Å². The molecule has 0 spiro atoms. The van der Waals surface area contributed by atoms with Crippen molar-refractivity contribution in [2.45, 2.75) is 6.10 Å². The van der Waals surface area contributed by atoms with E-state index in [1.807, 2.05) is 0 Å². The number of halogens is 1. The van der Waals surface area contributed by atoms with Gasteiger partial charge in [-0.15, -0.1) is 0 Å². The number of rotatable bonds is 6. The second-order valence-corrected chi connectivity index (χ2v) is 3.85. The van der Waals surface area contributed by atoms with E-state index in [0.29, 0.717) is 0 Å². The summed E-state index contributed by atoms with van der Waals surface area (Å²) >= 11 is 0. The van der Waals surface area contributed by atoms with Crippen molar-refractivity contribution in [2.24, 2.45) is 0 Å². The van der Waals surface area contributed by atoms with Gasteiger partial charge < -0.3 is 14.7 Å². The van der Waals surface area contributed by atoms with E-state index < -0.39 is 22.5 Å². The lowest BCUT2D eigenvalue weighted by Gasteiger charge is -2.22. The number of anilines is 1. The predicted octanol–water partition coefficient (Wildman–Crippen LogP) is 1.18. The fraction of sp³-hybridized carbons (Fsp3) is 0.455. The van der Waals surface area contributed by atoms with Crippen LogP contribution in [-0.2, 0) is 4.74 Å². The van der Waals surface area contributed by atoms with E-state index in [1.165, 1.54) is 24.1 Å². The molecule has 0 radical (unpaired) electrons. The highest BCUT2D eigenvalue weighted by Gasteiger charge is 2.23. The summed E-state index contributed by atoms with van der Waals surface area (Å²) in [6.45, 7) is 0.214. The number of aliphatic hydroxyl groups is 1. The van der Waals surface area contributed by atoms with Gasteiger partial charge in [0.2, 0.25) is 5.82 Å². The van der Waals surface area contributed by atoms with Crippen LogP contribution in [0.1, 0.15) is 0 Å². The number of ether oxygens (including phenoxy) is 1. The fourth-order valence-corrected chi connectivity index (χ4v) is 1.65. The summed E-state index contributed by atoms with van der Waals surface area (Å²) in [4.78, 5) is 11.5. The maximum atomic E-state index is 13.4. The molecule has 1 aromatic carbocycles. The van der Waals surface area contributed by atoms with Crippen LogP contribution in [0.4, 0.5) is 15.8 Å². The smallest absolute Gasteiger partial charge is 0.327 e. The molecular formula is C11H15FN2O4. The normalized spacial score (nSPS) is 12.2. The monoisotopic (exact) mass is 258 g/mol. The molecule has 0 bridgehead atoms. The van der Waals surface area contributed by atoms with Crippen molar-refractivity contribution < 1.29 is 19.2 Å². The van der Waals surface area contributed by atoms with Crippen LogP contribution in [0.3, 0.4) is 0 Å². The average molecular weight is 258 g/mol. The van der Waals surface area contributed by atoms with Gasteiger partial charge in [-0.2, -0.15) is 4.39 Å². The predicted molar refractivity (Wildman–Crippen MR) is 64.2 cm³/mol. The number of benzene rings is 1. The summed E-state index contributed by atoms with van der Waals surface area (Å²) in [7, 11) is 2.98. The highest BCUT2D eigenvalue weighted by molar-refractivity contribution is 5.63. The van der Waals surface area contributed by atoms with Crippen molar-refractivity contribution in [3.05, 3.63) is 34.1 Å². The van der Waals surface area contributed by atoms with Crippen LogP contribution in [0.2, 0.25) is 0 Å². The number of para-hydroxylation sites is 1. The first-order valence-corrected chi connectivity index (χ1v) is 5.28. The Morgan fingerprint density at radius 2 is 2.28 bits per heavy atom. The molecule has 0 aliphatic rings. The van der Waals surface area contributed by atoms with Crippen LogP contribution in [-0.4, -0.2) is 43.4 Å². The highest BCUT2D eigenvalue weighted by Crippen LogP contribution is 2.29. The summed E-state index contributed by atoms with van der Waals surface area (Å²) in [6.07, 6.45) is -0.803. The average Bonchev–Trinajstić information content (AvgIpc) is 2.28. The number of likely N-dealkylation sites (N-methyl/N-ethyl adjacent to an activating group) is 1. The Balaban J connectivity index is 2.95. The van der Waals surface area contributed by atoms with Crippen LogP contribution in [0, 0.1) is 15.9 Å². The molecule has 0 amide bonds. The highest BCUT2D eigenvalue weighted by atomic mass is 19.1. The molecule has 6 nitrogen and oxygen atoms in total. The Labute approximate surface area is 104 Å². The van der Waals surface area contributed by atoms with Crippen LogP contribution in [0.25, 0.3) is 0 Å². The molecule has 1 rings (SSSR count). The number of aliphatic hydroxyl groups excluding tert-OH is 1. The molecule has 0 saturated carbocycles. The van der Waals surface area contributed by atoms with Gasteiger partial charge in [0.05, 0.1) is 17.6 Å². The minimum atomic E-state index is -0.898. The standard InChI is InChI=1S/C11H15FN2O4/c1-13(6-8(15)7-18-2)10-5-3-4-9(12)11(10)14(16)17/h3-5,8,15H,6-7H2,1-2H3. The van der Waals surface area contributed by atoms with Crippen molar-refractivity contribution in [2.75, 3.05) is 32.2 Å². The van der Waals surface area contributed by atoms with Crippen LogP contribution in [0.5, 0.6) is 0 Å². The Kier molecular flexibility index (Phi) is 4.99. The zero-order valence-electron chi connectivity index (χ0n) is 10.2. The van der Waals surface area contributed by atoms with Gasteiger partial charge in [0.1, 0.15) is 5.69 Å². The molecule has 18 heavy (non-hydrogen) atoms. The summed E-state index contributed by atoms with van der Waals surface area (Å²) in [5.41, 5.74) is -0.472. The maximum Gasteiger partial charge on any atom is 0.327 e. The van der Waals surface area contributed by atoms with Crippen molar-refractivity contribution >= 4 is 11.4 Å². The second-order valence-electron chi connectivity index (χ2n) is 3.85. The third kappa shape index (κ3) is 3.38. The van der Waals surface area contributed by atoms with Gasteiger partial charge in [-0.25, -0.2) is 0 Å². The number of nitro benzene ring substituents is 1. The molecule has 1 aromatic rings. The minimum Gasteiger partial charge on any atom is -0.389 e. The van der Waals surface area contributed by atoms with Gasteiger partial charge in [0.25, 0.3) is 0 Å². The lowest BCUT2D eigenvalue weighted by atomic mass is 10.2. The van der Waals surface area contributed by atoms with Gasteiger partial charge in [-0.05, 0) is 12.1 Å². The van der Waals surface area contributed by atoms with Gasteiger partial charge >= 0.3 is 5.69 Å². The third-order valence-electron chi connectivity index (χ3n) is 2.40. The molecule has 0 aliphatic carbocycles. The zero-order valence-corrected chi connectivity index (χ0v) is 10.2. The molecule has 100 valence electrons. The van der Waals surface area contributed by atoms with Crippen molar-refractivity contribution in [1.82, 2.24) is 0 Å². The van der Waals surface area contributed by atoms with E-state index in [-0.39, 0.29) is 18.8 Å². The Bertz CT molecular complexity index is 428. The first kappa shape index (κ1) is 14.3. The van der Waals surface area contributed by atoms with Gasteiger partial charge in [0, 0.05) is 20.7 Å². The first-order chi connectivity index (χ1) is 8.47. The topological polar surface area (TPSA) is 75.8 Å². The molecule has 0 saturated heterocycles. The molecule has 0 aliphatic heterocycles. The lowest BCUT2D eigenvalue weighted by molar-refractivity contribution is -0.386.